The van der Waals surface area contributed by atoms with Gasteiger partial charge in [0.1, 0.15) is 5.78 Å². The average Bonchev–Trinajstić information content (AvgIpc) is 2.52. The molecule has 0 aromatic rings. The molecule has 1 fully saturated rings. The molecule has 0 aliphatic heterocycles. The third kappa shape index (κ3) is 5.23. The van der Waals surface area contributed by atoms with Crippen LogP contribution in [0.3, 0.4) is 0 Å². The van der Waals surface area contributed by atoms with Gasteiger partial charge < -0.3 is 9.80 Å². The van der Waals surface area contributed by atoms with Crippen molar-refractivity contribution in [3.05, 3.63) is 0 Å². The van der Waals surface area contributed by atoms with Crippen LogP contribution in [0.15, 0.2) is 0 Å². The molecule has 0 aromatic heterocycles. The van der Waals surface area contributed by atoms with Gasteiger partial charge in [-0.15, -0.1) is 0 Å². The molecule has 3 heteroatoms. The molecule has 0 spiro atoms. The van der Waals surface area contributed by atoms with Crippen molar-refractivity contribution < 1.29 is 4.79 Å². The highest BCUT2D eigenvalue weighted by Crippen LogP contribution is 2.37. The highest BCUT2D eigenvalue weighted by atomic mass is 16.1. The van der Waals surface area contributed by atoms with E-state index in [1.54, 1.807) is 0 Å². The van der Waals surface area contributed by atoms with E-state index in [0.717, 1.165) is 39.0 Å². The molecule has 0 radical (unpaired) electrons. The number of nitrogens with zero attached hydrogens (tertiary/aromatic N) is 2. The van der Waals surface area contributed by atoms with Gasteiger partial charge in [-0.25, -0.2) is 0 Å². The first-order chi connectivity index (χ1) is 8.72. The summed E-state index contributed by atoms with van der Waals surface area (Å²) in [6.45, 7) is 12.9. The van der Waals surface area contributed by atoms with E-state index < -0.39 is 0 Å². The zero-order valence-electron chi connectivity index (χ0n) is 13.7. The number of likely N-dealkylation sites (N-methyl/N-ethyl adjacent to an activating group) is 1. The van der Waals surface area contributed by atoms with Crippen molar-refractivity contribution in [2.24, 2.45) is 17.3 Å². The minimum absolute atomic E-state index is 0.0876. The van der Waals surface area contributed by atoms with Crippen molar-refractivity contribution in [3.8, 4) is 0 Å². The maximum atomic E-state index is 12.3. The molecule has 1 unspecified atom stereocenters. The van der Waals surface area contributed by atoms with Crippen LogP contribution in [-0.4, -0.2) is 55.9 Å². The predicted molar refractivity (Wildman–Crippen MR) is 81.3 cm³/mol. The third-order valence-corrected chi connectivity index (χ3v) is 4.12. The Morgan fingerprint density at radius 2 is 1.89 bits per heavy atom. The highest BCUT2D eigenvalue weighted by molar-refractivity contribution is 5.88. The molecule has 0 N–H and O–H groups in total. The van der Waals surface area contributed by atoms with Gasteiger partial charge in [0.25, 0.3) is 0 Å². The SMILES string of the molecule is CC(C)CN(CCN(C)C)CC1CCC(C)(C)C1=O. The second-order valence-electron chi connectivity index (χ2n) is 7.44. The van der Waals surface area contributed by atoms with Gasteiger partial charge in [0, 0.05) is 37.5 Å². The standard InChI is InChI=1S/C16H32N2O/c1-13(2)11-18(10-9-17(5)6)12-14-7-8-16(3,4)15(14)19/h13-14H,7-12H2,1-6H3. The number of Topliss-reactive ketones (excluding diaryl/α,β-unsaturated/α-hetero) is 1. The summed E-state index contributed by atoms with van der Waals surface area (Å²) in [5, 5.41) is 0. The molecule has 3 nitrogen and oxygen atoms in total. The lowest BCUT2D eigenvalue weighted by molar-refractivity contribution is -0.128. The van der Waals surface area contributed by atoms with Crippen molar-refractivity contribution in [1.29, 1.82) is 0 Å². The average molecular weight is 268 g/mol. The smallest absolute Gasteiger partial charge is 0.142 e. The van der Waals surface area contributed by atoms with Crippen molar-refractivity contribution in [2.75, 3.05) is 40.3 Å². The molecule has 0 bridgehead atoms. The quantitative estimate of drug-likeness (QED) is 0.709. The van der Waals surface area contributed by atoms with Gasteiger partial charge in [0.15, 0.2) is 0 Å². The Labute approximate surface area is 119 Å². The zero-order chi connectivity index (χ0) is 14.6. The largest absolute Gasteiger partial charge is 0.308 e. The summed E-state index contributed by atoms with van der Waals surface area (Å²) in [6, 6.07) is 0. The number of hydrogen-bond acceptors (Lipinski definition) is 3. The molecular formula is C16H32N2O. The van der Waals surface area contributed by atoms with Crippen molar-refractivity contribution in [3.63, 3.8) is 0 Å². The van der Waals surface area contributed by atoms with Crippen molar-refractivity contribution in [1.82, 2.24) is 9.80 Å². The maximum Gasteiger partial charge on any atom is 0.142 e. The van der Waals surface area contributed by atoms with E-state index in [0.29, 0.717) is 11.7 Å². The van der Waals surface area contributed by atoms with E-state index >= 15 is 0 Å². The fourth-order valence-electron chi connectivity index (χ4n) is 2.94. The van der Waals surface area contributed by atoms with Crippen molar-refractivity contribution >= 4 is 5.78 Å². The monoisotopic (exact) mass is 268 g/mol. The normalized spacial score (nSPS) is 23.0. The van der Waals surface area contributed by atoms with Gasteiger partial charge in [-0.05, 0) is 32.9 Å². The Bertz CT molecular complexity index is 297. The van der Waals surface area contributed by atoms with Crippen LogP contribution >= 0.6 is 0 Å². The zero-order valence-corrected chi connectivity index (χ0v) is 13.7. The Morgan fingerprint density at radius 3 is 2.32 bits per heavy atom. The molecule has 0 saturated heterocycles. The molecule has 1 aliphatic rings. The minimum atomic E-state index is -0.0876. The van der Waals surface area contributed by atoms with Gasteiger partial charge in [-0.3, -0.25) is 4.79 Å². The van der Waals surface area contributed by atoms with Crippen LogP contribution in [0, 0.1) is 17.3 Å². The Kier molecular flexibility index (Phi) is 6.00. The van der Waals surface area contributed by atoms with Gasteiger partial charge in [-0.1, -0.05) is 27.7 Å². The lowest BCUT2D eigenvalue weighted by Gasteiger charge is -2.28. The summed E-state index contributed by atoms with van der Waals surface area (Å²) in [6.07, 6.45) is 2.13. The molecule has 19 heavy (non-hydrogen) atoms. The van der Waals surface area contributed by atoms with E-state index in [9.17, 15) is 4.79 Å². The topological polar surface area (TPSA) is 23.6 Å². The highest BCUT2D eigenvalue weighted by Gasteiger charge is 2.40. The molecule has 0 heterocycles. The first-order valence-electron chi connectivity index (χ1n) is 7.64. The van der Waals surface area contributed by atoms with E-state index in [1.165, 1.54) is 0 Å². The van der Waals surface area contributed by atoms with Crippen LogP contribution in [0.2, 0.25) is 0 Å². The Hall–Kier alpha value is -0.410. The molecule has 112 valence electrons. The number of rotatable bonds is 7. The van der Waals surface area contributed by atoms with Crippen LogP contribution in [0.4, 0.5) is 0 Å². The summed E-state index contributed by atoms with van der Waals surface area (Å²) in [4.78, 5) is 17.0. The number of carbonyl (C=O) groups is 1. The van der Waals surface area contributed by atoms with E-state index in [1.807, 2.05) is 0 Å². The maximum absolute atomic E-state index is 12.3. The summed E-state index contributed by atoms with van der Waals surface area (Å²) < 4.78 is 0. The minimum Gasteiger partial charge on any atom is -0.308 e. The van der Waals surface area contributed by atoms with Crippen molar-refractivity contribution in [2.45, 2.75) is 40.5 Å². The Balaban J connectivity index is 2.54. The molecule has 1 aliphatic carbocycles. The van der Waals surface area contributed by atoms with Crippen LogP contribution in [-0.2, 0) is 4.79 Å². The fraction of sp³-hybridized carbons (Fsp3) is 0.938. The molecule has 1 atom stereocenters. The van der Waals surface area contributed by atoms with Gasteiger partial charge in [0.05, 0.1) is 0 Å². The molecular weight excluding hydrogens is 236 g/mol. The summed E-state index contributed by atoms with van der Waals surface area (Å²) >= 11 is 0. The fourth-order valence-corrected chi connectivity index (χ4v) is 2.94. The number of carbonyl (C=O) groups excluding carboxylic acids is 1. The lowest BCUT2D eigenvalue weighted by atomic mass is 9.89. The Morgan fingerprint density at radius 1 is 1.26 bits per heavy atom. The molecule has 1 rings (SSSR count). The second-order valence-corrected chi connectivity index (χ2v) is 7.44. The first-order valence-corrected chi connectivity index (χ1v) is 7.64. The van der Waals surface area contributed by atoms with E-state index in [-0.39, 0.29) is 11.3 Å². The summed E-state index contributed by atoms with van der Waals surface area (Å²) in [5.41, 5.74) is -0.0876. The first kappa shape index (κ1) is 16.6. The van der Waals surface area contributed by atoms with Crippen LogP contribution in [0.25, 0.3) is 0 Å². The number of ketones is 1. The predicted octanol–water partition coefficient (Wildman–Crippen LogP) is 2.51. The molecule has 0 amide bonds. The third-order valence-electron chi connectivity index (χ3n) is 4.12. The van der Waals surface area contributed by atoms with Gasteiger partial charge in [0.2, 0.25) is 0 Å². The second kappa shape index (κ2) is 6.85. The summed E-state index contributed by atoms with van der Waals surface area (Å²) in [5.74, 6) is 1.40. The lowest BCUT2D eigenvalue weighted by Crippen LogP contribution is -2.39. The van der Waals surface area contributed by atoms with E-state index in [2.05, 4.69) is 51.6 Å². The van der Waals surface area contributed by atoms with Gasteiger partial charge >= 0.3 is 0 Å². The molecule has 0 aromatic carbocycles. The number of hydrogen-bond donors (Lipinski definition) is 0. The molecule has 1 saturated carbocycles. The van der Waals surface area contributed by atoms with Gasteiger partial charge in [-0.2, -0.15) is 0 Å². The van der Waals surface area contributed by atoms with Crippen LogP contribution < -0.4 is 0 Å². The van der Waals surface area contributed by atoms with Crippen LogP contribution in [0.5, 0.6) is 0 Å². The van der Waals surface area contributed by atoms with Crippen LogP contribution in [0.1, 0.15) is 40.5 Å². The van der Waals surface area contributed by atoms with E-state index in [4.69, 9.17) is 0 Å². The summed E-state index contributed by atoms with van der Waals surface area (Å²) in [7, 11) is 4.22.